The van der Waals surface area contributed by atoms with Gasteiger partial charge < -0.3 is 9.64 Å². The lowest BCUT2D eigenvalue weighted by molar-refractivity contribution is -0.137. The lowest BCUT2D eigenvalue weighted by Gasteiger charge is -2.22. The SMILES string of the molecule is CCCOc1ncc(C(F)(F)F)c(N(C)c2cccc(F)c2)n1. The second-order valence-electron chi connectivity index (χ2n) is 4.77. The number of alkyl halides is 3. The first-order valence-electron chi connectivity index (χ1n) is 6.89. The number of nitrogens with zero attached hydrogens (tertiary/aromatic N) is 3. The average molecular weight is 329 g/mol. The lowest BCUT2D eigenvalue weighted by Crippen LogP contribution is -2.19. The molecule has 0 radical (unpaired) electrons. The van der Waals surface area contributed by atoms with Gasteiger partial charge in [-0.3, -0.25) is 0 Å². The first kappa shape index (κ1) is 17.0. The summed E-state index contributed by atoms with van der Waals surface area (Å²) in [7, 11) is 1.37. The number of aromatic nitrogens is 2. The quantitative estimate of drug-likeness (QED) is 0.771. The molecule has 0 atom stereocenters. The van der Waals surface area contributed by atoms with Gasteiger partial charge in [0.15, 0.2) is 5.82 Å². The van der Waals surface area contributed by atoms with E-state index >= 15 is 0 Å². The van der Waals surface area contributed by atoms with E-state index in [1.165, 1.54) is 25.2 Å². The van der Waals surface area contributed by atoms with Gasteiger partial charge in [-0.25, -0.2) is 9.37 Å². The first-order valence-corrected chi connectivity index (χ1v) is 6.89. The van der Waals surface area contributed by atoms with Crippen LogP contribution < -0.4 is 9.64 Å². The van der Waals surface area contributed by atoms with Crippen molar-refractivity contribution in [2.24, 2.45) is 0 Å². The third-order valence-corrected chi connectivity index (χ3v) is 3.00. The molecule has 4 nitrogen and oxygen atoms in total. The molecule has 8 heteroatoms. The fourth-order valence-electron chi connectivity index (χ4n) is 1.88. The summed E-state index contributed by atoms with van der Waals surface area (Å²) in [6, 6.07) is 5.06. The largest absolute Gasteiger partial charge is 0.463 e. The van der Waals surface area contributed by atoms with Gasteiger partial charge in [-0.15, -0.1) is 0 Å². The van der Waals surface area contributed by atoms with Crippen LogP contribution in [0.25, 0.3) is 0 Å². The van der Waals surface area contributed by atoms with Crippen molar-refractivity contribution in [3.05, 3.63) is 41.8 Å². The standard InChI is InChI=1S/C15H15F4N3O/c1-3-7-23-14-20-9-12(15(17,18)19)13(21-14)22(2)11-6-4-5-10(16)8-11/h4-6,8-9H,3,7H2,1-2H3. The molecular weight excluding hydrogens is 314 g/mol. The van der Waals surface area contributed by atoms with Crippen LogP contribution in [0.5, 0.6) is 6.01 Å². The molecule has 1 heterocycles. The molecule has 0 unspecified atom stereocenters. The van der Waals surface area contributed by atoms with Crippen LogP contribution in [0.3, 0.4) is 0 Å². The Kier molecular flexibility index (Phi) is 5.02. The molecule has 0 N–H and O–H groups in total. The first-order chi connectivity index (χ1) is 10.8. The number of hydrogen-bond donors (Lipinski definition) is 0. The maximum atomic E-state index is 13.3. The number of ether oxygens (including phenoxy) is 1. The summed E-state index contributed by atoms with van der Waals surface area (Å²) in [5, 5.41) is 0. The number of anilines is 2. The number of rotatable bonds is 5. The zero-order chi connectivity index (χ0) is 17.0. The Hall–Kier alpha value is -2.38. The van der Waals surface area contributed by atoms with Gasteiger partial charge in [0.05, 0.1) is 6.61 Å². The van der Waals surface area contributed by atoms with Crippen molar-refractivity contribution in [1.29, 1.82) is 0 Å². The minimum atomic E-state index is -4.64. The molecule has 0 saturated carbocycles. The Morgan fingerprint density at radius 2 is 2.00 bits per heavy atom. The zero-order valence-corrected chi connectivity index (χ0v) is 12.6. The molecule has 0 aliphatic carbocycles. The highest BCUT2D eigenvalue weighted by atomic mass is 19.4. The van der Waals surface area contributed by atoms with Gasteiger partial charge in [0.25, 0.3) is 0 Å². The molecule has 2 rings (SSSR count). The fraction of sp³-hybridized carbons (Fsp3) is 0.333. The fourth-order valence-corrected chi connectivity index (χ4v) is 1.88. The molecule has 1 aromatic carbocycles. The molecule has 1 aromatic heterocycles. The summed E-state index contributed by atoms with van der Waals surface area (Å²) in [5.74, 6) is -0.955. The smallest absolute Gasteiger partial charge is 0.421 e. The summed E-state index contributed by atoms with van der Waals surface area (Å²) in [4.78, 5) is 8.56. The summed E-state index contributed by atoms with van der Waals surface area (Å²) < 4.78 is 58.0. The van der Waals surface area contributed by atoms with E-state index in [2.05, 4.69) is 9.97 Å². The zero-order valence-electron chi connectivity index (χ0n) is 12.6. The summed E-state index contributed by atoms with van der Waals surface area (Å²) in [6.45, 7) is 2.14. The molecule has 0 aliphatic heterocycles. The van der Waals surface area contributed by atoms with E-state index in [1.807, 2.05) is 6.92 Å². The molecule has 0 saturated heterocycles. The van der Waals surface area contributed by atoms with Crippen molar-refractivity contribution in [2.75, 3.05) is 18.6 Å². The topological polar surface area (TPSA) is 38.2 Å². The van der Waals surface area contributed by atoms with Crippen molar-refractivity contribution in [3.63, 3.8) is 0 Å². The predicted octanol–water partition coefficient (Wildman–Crippen LogP) is 4.19. The van der Waals surface area contributed by atoms with Crippen LogP contribution in [-0.4, -0.2) is 23.6 Å². The second kappa shape index (κ2) is 6.80. The second-order valence-corrected chi connectivity index (χ2v) is 4.77. The summed E-state index contributed by atoms with van der Waals surface area (Å²) >= 11 is 0. The Bertz CT molecular complexity index is 676. The minimum absolute atomic E-state index is 0.155. The van der Waals surface area contributed by atoms with E-state index in [4.69, 9.17) is 4.74 Å². The summed E-state index contributed by atoms with van der Waals surface area (Å²) in [6.07, 6.45) is -3.30. The third kappa shape index (κ3) is 4.08. The number of benzene rings is 1. The van der Waals surface area contributed by atoms with Crippen molar-refractivity contribution < 1.29 is 22.3 Å². The number of halogens is 4. The predicted molar refractivity (Wildman–Crippen MR) is 77.3 cm³/mol. The normalized spacial score (nSPS) is 11.4. The van der Waals surface area contributed by atoms with Crippen LogP contribution in [-0.2, 0) is 6.18 Å². The Morgan fingerprint density at radius 1 is 1.26 bits per heavy atom. The molecule has 0 aliphatic rings. The van der Waals surface area contributed by atoms with Crippen molar-refractivity contribution >= 4 is 11.5 Å². The maximum absolute atomic E-state index is 13.3. The van der Waals surface area contributed by atoms with E-state index in [1.54, 1.807) is 0 Å². The van der Waals surface area contributed by atoms with E-state index in [9.17, 15) is 17.6 Å². The van der Waals surface area contributed by atoms with Gasteiger partial charge in [0.2, 0.25) is 0 Å². The molecule has 2 aromatic rings. The van der Waals surface area contributed by atoms with Crippen molar-refractivity contribution in [3.8, 4) is 6.01 Å². The van der Waals surface area contributed by atoms with Gasteiger partial charge in [-0.05, 0) is 24.6 Å². The molecule has 0 bridgehead atoms. The summed E-state index contributed by atoms with van der Waals surface area (Å²) in [5.41, 5.74) is -0.788. The Morgan fingerprint density at radius 3 is 2.61 bits per heavy atom. The van der Waals surface area contributed by atoms with Crippen LogP contribution in [0.2, 0.25) is 0 Å². The van der Waals surface area contributed by atoms with Crippen molar-refractivity contribution in [1.82, 2.24) is 9.97 Å². The minimum Gasteiger partial charge on any atom is -0.463 e. The molecular formula is C15H15F4N3O. The molecule has 0 spiro atoms. The van der Waals surface area contributed by atoms with Crippen LogP contribution in [0.1, 0.15) is 18.9 Å². The lowest BCUT2D eigenvalue weighted by atomic mass is 10.2. The molecule has 0 fully saturated rings. The van der Waals surface area contributed by atoms with Crippen LogP contribution in [0, 0.1) is 5.82 Å². The van der Waals surface area contributed by atoms with Crippen LogP contribution in [0.4, 0.5) is 29.1 Å². The van der Waals surface area contributed by atoms with Gasteiger partial charge in [-0.1, -0.05) is 13.0 Å². The Labute approximate surface area is 130 Å². The third-order valence-electron chi connectivity index (χ3n) is 3.00. The van der Waals surface area contributed by atoms with E-state index in [-0.39, 0.29) is 18.3 Å². The Balaban J connectivity index is 2.47. The van der Waals surface area contributed by atoms with Crippen molar-refractivity contribution in [2.45, 2.75) is 19.5 Å². The van der Waals surface area contributed by atoms with Crippen LogP contribution in [0.15, 0.2) is 30.5 Å². The maximum Gasteiger partial charge on any atom is 0.421 e. The van der Waals surface area contributed by atoms with E-state index in [0.717, 1.165) is 11.0 Å². The molecule has 23 heavy (non-hydrogen) atoms. The highest BCUT2D eigenvalue weighted by Crippen LogP contribution is 2.37. The highest BCUT2D eigenvalue weighted by Gasteiger charge is 2.36. The van der Waals surface area contributed by atoms with Gasteiger partial charge in [-0.2, -0.15) is 18.2 Å². The van der Waals surface area contributed by atoms with Gasteiger partial charge in [0.1, 0.15) is 11.4 Å². The van der Waals surface area contributed by atoms with E-state index in [0.29, 0.717) is 12.6 Å². The highest BCUT2D eigenvalue weighted by molar-refractivity contribution is 5.62. The average Bonchev–Trinajstić information content (AvgIpc) is 2.51. The van der Waals surface area contributed by atoms with E-state index < -0.39 is 23.4 Å². The molecule has 124 valence electrons. The van der Waals surface area contributed by atoms with Crippen LogP contribution >= 0.6 is 0 Å². The monoisotopic (exact) mass is 329 g/mol. The number of hydrogen-bond acceptors (Lipinski definition) is 4. The van der Waals surface area contributed by atoms with Gasteiger partial charge >= 0.3 is 12.2 Å². The molecule has 0 amide bonds. The van der Waals surface area contributed by atoms with Gasteiger partial charge in [0, 0.05) is 18.9 Å².